The normalized spacial score (nSPS) is 20.7. The van der Waals surface area contributed by atoms with Gasteiger partial charge in [0.1, 0.15) is 0 Å². The van der Waals surface area contributed by atoms with Crippen molar-refractivity contribution in [1.29, 1.82) is 0 Å². The Balaban J connectivity index is 1.68. The summed E-state index contributed by atoms with van der Waals surface area (Å²) in [6.07, 6.45) is 5.26. The molecule has 0 bridgehead atoms. The third-order valence-corrected chi connectivity index (χ3v) is 3.49. The first-order chi connectivity index (χ1) is 8.79. The third kappa shape index (κ3) is 3.76. The largest absolute Gasteiger partial charge is 0.396 e. The van der Waals surface area contributed by atoms with Gasteiger partial charge in [0.05, 0.1) is 5.69 Å². The van der Waals surface area contributed by atoms with Gasteiger partial charge in [-0.1, -0.05) is 5.21 Å². The molecule has 1 unspecified atom stereocenters. The first kappa shape index (κ1) is 13.5. The van der Waals surface area contributed by atoms with Crippen LogP contribution >= 0.6 is 0 Å². The van der Waals surface area contributed by atoms with E-state index in [0.717, 1.165) is 31.7 Å². The van der Waals surface area contributed by atoms with Gasteiger partial charge in [0, 0.05) is 38.5 Å². The van der Waals surface area contributed by atoms with Crippen molar-refractivity contribution >= 4 is 0 Å². The van der Waals surface area contributed by atoms with Crippen LogP contribution in [0.25, 0.3) is 0 Å². The van der Waals surface area contributed by atoms with Crippen molar-refractivity contribution in [3.8, 4) is 0 Å². The number of aliphatic hydroxyl groups is 1. The Kier molecular flexibility index (Phi) is 5.10. The number of nitrogens with one attached hydrogen (secondary N) is 1. The van der Waals surface area contributed by atoms with Gasteiger partial charge < -0.3 is 15.3 Å². The summed E-state index contributed by atoms with van der Waals surface area (Å²) in [5.41, 5.74) is 0.966. The van der Waals surface area contributed by atoms with E-state index in [0.29, 0.717) is 6.04 Å². The van der Waals surface area contributed by atoms with Crippen LogP contribution in [-0.2, 0) is 13.1 Å². The molecule has 6 nitrogen and oxygen atoms in total. The average Bonchev–Trinajstić information content (AvgIpc) is 2.97. The van der Waals surface area contributed by atoms with Crippen molar-refractivity contribution in [1.82, 2.24) is 25.2 Å². The maximum atomic E-state index is 8.74. The summed E-state index contributed by atoms with van der Waals surface area (Å²) in [6.45, 7) is 3.92. The van der Waals surface area contributed by atoms with Crippen LogP contribution in [0, 0.1) is 0 Å². The molecule has 1 aromatic rings. The van der Waals surface area contributed by atoms with Gasteiger partial charge in [0.2, 0.25) is 0 Å². The Morgan fingerprint density at radius 1 is 1.56 bits per heavy atom. The monoisotopic (exact) mass is 253 g/mol. The Morgan fingerprint density at radius 2 is 2.44 bits per heavy atom. The van der Waals surface area contributed by atoms with E-state index in [1.54, 1.807) is 4.68 Å². The van der Waals surface area contributed by atoms with E-state index < -0.39 is 0 Å². The minimum absolute atomic E-state index is 0.196. The van der Waals surface area contributed by atoms with E-state index >= 15 is 0 Å². The first-order valence-corrected chi connectivity index (χ1v) is 6.70. The van der Waals surface area contributed by atoms with Crippen molar-refractivity contribution in [3.63, 3.8) is 0 Å². The predicted octanol–water partition coefficient (Wildman–Crippen LogP) is -0.156. The molecule has 102 valence electrons. The Labute approximate surface area is 108 Å². The molecule has 0 aliphatic carbocycles. The van der Waals surface area contributed by atoms with Crippen LogP contribution in [0.2, 0.25) is 0 Å². The summed E-state index contributed by atoms with van der Waals surface area (Å²) < 4.78 is 1.79. The zero-order valence-electron chi connectivity index (χ0n) is 11.0. The van der Waals surface area contributed by atoms with Crippen LogP contribution in [0.15, 0.2) is 6.20 Å². The van der Waals surface area contributed by atoms with Crippen LogP contribution in [0.1, 0.15) is 25.0 Å². The van der Waals surface area contributed by atoms with E-state index in [-0.39, 0.29) is 6.61 Å². The molecule has 1 fully saturated rings. The Bertz CT molecular complexity index is 354. The summed E-state index contributed by atoms with van der Waals surface area (Å²) in [7, 11) is 2.19. The number of likely N-dealkylation sites (N-methyl/N-ethyl adjacent to an activating group) is 1. The number of aliphatic hydroxyl groups excluding tert-OH is 1. The molecule has 0 saturated carbocycles. The second kappa shape index (κ2) is 6.82. The highest BCUT2D eigenvalue weighted by Gasteiger charge is 2.19. The lowest BCUT2D eigenvalue weighted by molar-refractivity contribution is 0.276. The second-order valence-corrected chi connectivity index (χ2v) is 4.96. The topological polar surface area (TPSA) is 66.2 Å². The molecule has 2 rings (SSSR count). The van der Waals surface area contributed by atoms with Gasteiger partial charge >= 0.3 is 0 Å². The quantitative estimate of drug-likeness (QED) is 0.707. The molecular formula is C12H23N5O. The Morgan fingerprint density at radius 3 is 3.17 bits per heavy atom. The molecule has 0 radical (unpaired) electrons. The lowest BCUT2D eigenvalue weighted by Gasteiger charge is -2.19. The van der Waals surface area contributed by atoms with Crippen LogP contribution in [0.4, 0.5) is 0 Å². The molecule has 6 heteroatoms. The van der Waals surface area contributed by atoms with Gasteiger partial charge in [-0.2, -0.15) is 0 Å². The van der Waals surface area contributed by atoms with Gasteiger partial charge in [-0.05, 0) is 32.9 Å². The molecule has 0 aromatic carbocycles. The highest BCUT2D eigenvalue weighted by atomic mass is 16.3. The zero-order chi connectivity index (χ0) is 12.8. The molecule has 1 aliphatic rings. The zero-order valence-corrected chi connectivity index (χ0v) is 11.0. The molecule has 2 heterocycles. The SMILES string of the molecule is CN1CCCC1CNCc1cn(CCCO)nn1. The molecule has 18 heavy (non-hydrogen) atoms. The van der Waals surface area contributed by atoms with Crippen LogP contribution in [0.3, 0.4) is 0 Å². The molecule has 1 aromatic heterocycles. The van der Waals surface area contributed by atoms with Crippen molar-refractivity contribution in [2.45, 2.75) is 38.4 Å². The van der Waals surface area contributed by atoms with Gasteiger partial charge in [-0.15, -0.1) is 5.10 Å². The number of hydrogen-bond acceptors (Lipinski definition) is 5. The molecule has 1 saturated heterocycles. The molecule has 2 N–H and O–H groups in total. The molecule has 0 spiro atoms. The van der Waals surface area contributed by atoms with Crippen molar-refractivity contribution in [2.75, 3.05) is 26.7 Å². The fraction of sp³-hybridized carbons (Fsp3) is 0.833. The lowest BCUT2D eigenvalue weighted by Crippen LogP contribution is -2.35. The summed E-state index contributed by atoms with van der Waals surface area (Å²) in [4.78, 5) is 2.41. The third-order valence-electron chi connectivity index (χ3n) is 3.49. The highest BCUT2D eigenvalue weighted by molar-refractivity contribution is 4.92. The molecule has 1 atom stereocenters. The van der Waals surface area contributed by atoms with E-state index in [4.69, 9.17) is 5.11 Å². The fourth-order valence-electron chi connectivity index (χ4n) is 2.37. The lowest BCUT2D eigenvalue weighted by atomic mass is 10.2. The number of nitrogens with zero attached hydrogens (tertiary/aromatic N) is 4. The molecule has 1 aliphatic heterocycles. The minimum Gasteiger partial charge on any atom is -0.396 e. The molecular weight excluding hydrogens is 230 g/mol. The van der Waals surface area contributed by atoms with Gasteiger partial charge in [0.25, 0.3) is 0 Å². The minimum atomic E-state index is 0.196. The maximum Gasteiger partial charge on any atom is 0.0964 e. The Hall–Kier alpha value is -0.980. The van der Waals surface area contributed by atoms with Crippen molar-refractivity contribution in [3.05, 3.63) is 11.9 Å². The summed E-state index contributed by atoms with van der Waals surface area (Å²) in [6, 6.07) is 0.662. The van der Waals surface area contributed by atoms with Crippen LogP contribution in [-0.4, -0.2) is 57.8 Å². The van der Waals surface area contributed by atoms with Crippen LogP contribution in [0.5, 0.6) is 0 Å². The van der Waals surface area contributed by atoms with Gasteiger partial charge in [-0.3, -0.25) is 4.68 Å². The number of aromatic nitrogens is 3. The number of likely N-dealkylation sites (tertiary alicyclic amines) is 1. The van der Waals surface area contributed by atoms with E-state index in [9.17, 15) is 0 Å². The maximum absolute atomic E-state index is 8.74. The summed E-state index contributed by atoms with van der Waals surface area (Å²) in [5.74, 6) is 0. The summed E-state index contributed by atoms with van der Waals surface area (Å²) in [5, 5.41) is 20.3. The van der Waals surface area contributed by atoms with Gasteiger partial charge in [0.15, 0.2) is 0 Å². The van der Waals surface area contributed by atoms with E-state index in [1.165, 1.54) is 19.4 Å². The first-order valence-electron chi connectivity index (χ1n) is 6.70. The number of rotatable bonds is 7. The number of aryl methyl sites for hydroxylation is 1. The van der Waals surface area contributed by atoms with E-state index in [1.807, 2.05) is 6.20 Å². The number of hydrogen-bond donors (Lipinski definition) is 2. The van der Waals surface area contributed by atoms with E-state index in [2.05, 4.69) is 27.6 Å². The standard InChI is InChI=1S/C12H23N5O/c1-16-5-2-4-12(16)9-13-8-11-10-17(15-14-11)6-3-7-18/h10,12-13,18H,2-9H2,1H3. The molecule has 0 amide bonds. The van der Waals surface area contributed by atoms with Crippen LogP contribution < -0.4 is 5.32 Å². The fourth-order valence-corrected chi connectivity index (χ4v) is 2.37. The second-order valence-electron chi connectivity index (χ2n) is 4.96. The van der Waals surface area contributed by atoms with Crippen molar-refractivity contribution in [2.24, 2.45) is 0 Å². The smallest absolute Gasteiger partial charge is 0.0964 e. The predicted molar refractivity (Wildman–Crippen MR) is 69.1 cm³/mol. The highest BCUT2D eigenvalue weighted by Crippen LogP contribution is 2.13. The summed E-state index contributed by atoms with van der Waals surface area (Å²) >= 11 is 0. The van der Waals surface area contributed by atoms with Crippen molar-refractivity contribution < 1.29 is 5.11 Å². The van der Waals surface area contributed by atoms with Gasteiger partial charge in [-0.25, -0.2) is 0 Å². The average molecular weight is 253 g/mol.